The molecule has 2 aromatic rings. The van der Waals surface area contributed by atoms with Crippen LogP contribution in [0.4, 0.5) is 0 Å². The lowest BCUT2D eigenvalue weighted by molar-refractivity contribution is 0.183. The third kappa shape index (κ3) is 6.62. The van der Waals surface area contributed by atoms with Gasteiger partial charge in [0.25, 0.3) is 0 Å². The number of hydrogen-bond acceptors (Lipinski definition) is 6. The lowest BCUT2D eigenvalue weighted by Gasteiger charge is -2.26. The summed E-state index contributed by atoms with van der Waals surface area (Å²) in [6.07, 6.45) is 7.85. The third-order valence-electron chi connectivity index (χ3n) is 7.13. The first-order valence-electron chi connectivity index (χ1n) is 12.5. The second kappa shape index (κ2) is 13.4. The van der Waals surface area contributed by atoms with Crippen LogP contribution in [0, 0.1) is 0 Å². The van der Waals surface area contributed by atoms with E-state index < -0.39 is 0 Å². The Kier molecular flexibility index (Phi) is 10.5. The molecule has 2 aliphatic heterocycles. The summed E-state index contributed by atoms with van der Waals surface area (Å²) in [6.45, 7) is 7.95. The molecule has 6 nitrogen and oxygen atoms in total. The number of fused-ring (bicyclic) bond motifs is 3. The van der Waals surface area contributed by atoms with Crippen LogP contribution in [0.25, 0.3) is 11.1 Å². The van der Waals surface area contributed by atoms with Gasteiger partial charge in [0.15, 0.2) is 0 Å². The predicted molar refractivity (Wildman–Crippen MR) is 145 cm³/mol. The van der Waals surface area contributed by atoms with Gasteiger partial charge in [-0.05, 0) is 99.4 Å². The molecule has 5 rings (SSSR count). The van der Waals surface area contributed by atoms with Crippen LogP contribution in [0.2, 0.25) is 0 Å². The van der Waals surface area contributed by atoms with Gasteiger partial charge in [-0.1, -0.05) is 18.0 Å². The zero-order valence-electron chi connectivity index (χ0n) is 20.3. The number of hydrogen-bond donors (Lipinski definition) is 1. The minimum atomic E-state index is 0. The predicted octanol–water partition coefficient (Wildman–Crippen LogP) is 5.47. The summed E-state index contributed by atoms with van der Waals surface area (Å²) in [5, 5.41) is 13.5. The Hall–Kier alpha value is -1.99. The zero-order valence-corrected chi connectivity index (χ0v) is 21.9. The molecule has 0 atom stereocenters. The van der Waals surface area contributed by atoms with Crippen molar-refractivity contribution < 1.29 is 14.7 Å². The SMILES string of the molecule is Cl.Cl.ON=C1c2cc(OCCN3CCCCC3)ccc2-c2ccc(OCCN3CCCCC3)cc21. The number of halogens is 2. The van der Waals surface area contributed by atoms with Crippen molar-refractivity contribution in [1.82, 2.24) is 9.80 Å². The van der Waals surface area contributed by atoms with E-state index in [0.29, 0.717) is 18.9 Å². The van der Waals surface area contributed by atoms with E-state index in [4.69, 9.17) is 9.47 Å². The maximum atomic E-state index is 9.83. The van der Waals surface area contributed by atoms with Gasteiger partial charge in [0, 0.05) is 24.2 Å². The first-order valence-corrected chi connectivity index (χ1v) is 12.5. The summed E-state index contributed by atoms with van der Waals surface area (Å²) >= 11 is 0. The number of piperidine rings is 2. The van der Waals surface area contributed by atoms with Crippen LogP contribution in [0.3, 0.4) is 0 Å². The van der Waals surface area contributed by atoms with Crippen molar-refractivity contribution in [3.8, 4) is 22.6 Å². The molecule has 3 aliphatic rings. The van der Waals surface area contributed by atoms with E-state index in [1.165, 1.54) is 64.7 Å². The number of ether oxygens (including phenoxy) is 2. The zero-order chi connectivity index (χ0) is 22.5. The van der Waals surface area contributed by atoms with Gasteiger partial charge in [-0.15, -0.1) is 24.8 Å². The van der Waals surface area contributed by atoms with E-state index in [9.17, 15) is 5.21 Å². The Bertz CT molecular complexity index is 914. The van der Waals surface area contributed by atoms with Gasteiger partial charge < -0.3 is 14.7 Å². The van der Waals surface area contributed by atoms with Crippen LogP contribution >= 0.6 is 24.8 Å². The van der Waals surface area contributed by atoms with Crippen LogP contribution in [0.1, 0.15) is 49.7 Å². The molecule has 0 spiro atoms. The summed E-state index contributed by atoms with van der Waals surface area (Å²) in [5.41, 5.74) is 4.55. The van der Waals surface area contributed by atoms with Crippen LogP contribution in [0.15, 0.2) is 41.6 Å². The number of rotatable bonds is 8. The fourth-order valence-electron chi connectivity index (χ4n) is 5.29. The van der Waals surface area contributed by atoms with Gasteiger partial charge in [-0.2, -0.15) is 0 Å². The van der Waals surface area contributed by atoms with E-state index in [2.05, 4.69) is 27.1 Å². The Morgan fingerprint density at radius 1 is 0.629 bits per heavy atom. The van der Waals surface area contributed by atoms with Gasteiger partial charge in [-0.3, -0.25) is 9.80 Å². The molecule has 1 N–H and O–H groups in total. The van der Waals surface area contributed by atoms with Crippen molar-refractivity contribution in [1.29, 1.82) is 0 Å². The molecule has 0 aromatic heterocycles. The lowest BCUT2D eigenvalue weighted by atomic mass is 10.1. The first-order chi connectivity index (χ1) is 16.3. The number of nitrogens with zero attached hydrogens (tertiary/aromatic N) is 3. The summed E-state index contributed by atoms with van der Waals surface area (Å²) in [6, 6.07) is 12.2. The summed E-state index contributed by atoms with van der Waals surface area (Å²) in [4.78, 5) is 4.94. The molecule has 192 valence electrons. The second-order valence-electron chi connectivity index (χ2n) is 9.36. The minimum Gasteiger partial charge on any atom is -0.492 e. The van der Waals surface area contributed by atoms with Crippen LogP contribution in [-0.2, 0) is 0 Å². The molecule has 0 bridgehead atoms. The number of oxime groups is 1. The quantitative estimate of drug-likeness (QED) is 0.314. The Morgan fingerprint density at radius 2 is 1.06 bits per heavy atom. The maximum absolute atomic E-state index is 9.83. The van der Waals surface area contributed by atoms with Crippen molar-refractivity contribution in [2.45, 2.75) is 38.5 Å². The molecule has 0 radical (unpaired) electrons. The van der Waals surface area contributed by atoms with Crippen molar-refractivity contribution in [3.63, 3.8) is 0 Å². The van der Waals surface area contributed by atoms with Gasteiger partial charge >= 0.3 is 0 Å². The summed E-state index contributed by atoms with van der Waals surface area (Å²) in [7, 11) is 0. The Labute approximate surface area is 221 Å². The van der Waals surface area contributed by atoms with E-state index in [1.54, 1.807) is 0 Å². The molecule has 2 heterocycles. The first kappa shape index (κ1) is 27.6. The normalized spacial score (nSPS) is 17.5. The molecular formula is C27H37Cl2N3O3. The molecule has 35 heavy (non-hydrogen) atoms. The fourth-order valence-corrected chi connectivity index (χ4v) is 5.29. The fraction of sp³-hybridized carbons (Fsp3) is 0.519. The summed E-state index contributed by atoms with van der Waals surface area (Å²) < 4.78 is 12.1. The van der Waals surface area contributed by atoms with Gasteiger partial charge in [0.05, 0.1) is 0 Å². The van der Waals surface area contributed by atoms with Crippen LogP contribution < -0.4 is 9.47 Å². The van der Waals surface area contributed by atoms with E-state index in [1.807, 2.05) is 24.3 Å². The van der Waals surface area contributed by atoms with Crippen molar-refractivity contribution in [2.75, 3.05) is 52.5 Å². The van der Waals surface area contributed by atoms with Crippen molar-refractivity contribution in [2.24, 2.45) is 5.16 Å². The van der Waals surface area contributed by atoms with Gasteiger partial charge in [-0.25, -0.2) is 0 Å². The molecule has 0 amide bonds. The number of benzene rings is 2. The Balaban J connectivity index is 0.00000171. The molecule has 0 unspecified atom stereocenters. The molecule has 2 saturated heterocycles. The maximum Gasteiger partial charge on any atom is 0.120 e. The monoisotopic (exact) mass is 521 g/mol. The lowest BCUT2D eigenvalue weighted by Crippen LogP contribution is -2.33. The van der Waals surface area contributed by atoms with Crippen LogP contribution in [-0.4, -0.2) is 73.2 Å². The highest BCUT2D eigenvalue weighted by Gasteiger charge is 2.27. The third-order valence-corrected chi connectivity index (χ3v) is 7.13. The average Bonchev–Trinajstić information content (AvgIpc) is 3.17. The molecular weight excluding hydrogens is 485 g/mol. The highest BCUT2D eigenvalue weighted by atomic mass is 35.5. The average molecular weight is 523 g/mol. The van der Waals surface area contributed by atoms with Gasteiger partial charge in [0.1, 0.15) is 30.4 Å². The molecule has 0 saturated carbocycles. The van der Waals surface area contributed by atoms with E-state index in [0.717, 1.165) is 46.8 Å². The summed E-state index contributed by atoms with van der Waals surface area (Å²) in [5.74, 6) is 1.63. The largest absolute Gasteiger partial charge is 0.492 e. The van der Waals surface area contributed by atoms with Gasteiger partial charge in [0.2, 0.25) is 0 Å². The van der Waals surface area contributed by atoms with E-state index >= 15 is 0 Å². The topological polar surface area (TPSA) is 57.5 Å². The molecule has 8 heteroatoms. The smallest absolute Gasteiger partial charge is 0.120 e. The minimum absolute atomic E-state index is 0. The van der Waals surface area contributed by atoms with E-state index in [-0.39, 0.29) is 24.8 Å². The molecule has 2 fully saturated rings. The van der Waals surface area contributed by atoms with Crippen molar-refractivity contribution >= 4 is 30.5 Å². The molecule has 1 aliphatic carbocycles. The molecule has 2 aromatic carbocycles. The standard InChI is InChI=1S/C27H35N3O3.2ClH/c31-28-27-25-19-21(32-17-15-29-11-3-1-4-12-29)7-9-23(25)24-10-8-22(20-26(24)27)33-18-16-30-13-5-2-6-14-30;;/h7-10,19-20,31H,1-6,11-18H2;2*1H. The van der Waals surface area contributed by atoms with Crippen molar-refractivity contribution in [3.05, 3.63) is 47.5 Å². The number of likely N-dealkylation sites (tertiary alicyclic amines) is 2. The highest BCUT2D eigenvalue weighted by molar-refractivity contribution is 6.24. The second-order valence-corrected chi connectivity index (χ2v) is 9.36. The van der Waals surface area contributed by atoms with Crippen LogP contribution in [0.5, 0.6) is 11.5 Å². The Morgan fingerprint density at radius 3 is 1.46 bits per heavy atom. The highest BCUT2D eigenvalue weighted by Crippen LogP contribution is 2.40.